The van der Waals surface area contributed by atoms with Gasteiger partial charge in [-0.25, -0.2) is 4.98 Å². The van der Waals surface area contributed by atoms with Crippen molar-refractivity contribution in [1.82, 2.24) is 4.98 Å². The molecule has 2 rings (SSSR count). The van der Waals surface area contributed by atoms with Crippen molar-refractivity contribution in [2.45, 2.75) is 32.6 Å². The Kier molecular flexibility index (Phi) is 4.53. The van der Waals surface area contributed by atoms with E-state index < -0.39 is 0 Å². The summed E-state index contributed by atoms with van der Waals surface area (Å²) in [5, 5.41) is 8.90. The Morgan fingerprint density at radius 1 is 1.11 bits per heavy atom. The van der Waals surface area contributed by atoms with Crippen LogP contribution in [0.25, 0.3) is 0 Å². The molecule has 1 N–H and O–H groups in total. The third-order valence-corrected chi connectivity index (χ3v) is 2.98. The minimum atomic E-state index is 0.122. The molecule has 3 heteroatoms. The van der Waals surface area contributed by atoms with Crippen LogP contribution in [0.2, 0.25) is 0 Å². The van der Waals surface area contributed by atoms with Crippen LogP contribution >= 0.6 is 0 Å². The molecule has 18 heavy (non-hydrogen) atoms. The van der Waals surface area contributed by atoms with Crippen LogP contribution in [0.15, 0.2) is 34.7 Å². The summed E-state index contributed by atoms with van der Waals surface area (Å²) in [5.74, 6) is 1.62. The molecule has 0 radical (unpaired) electrons. The first-order valence-electron chi connectivity index (χ1n) is 6.39. The highest BCUT2D eigenvalue weighted by Gasteiger charge is 2.08. The first-order chi connectivity index (χ1) is 8.79. The molecule has 0 aliphatic heterocycles. The van der Waals surface area contributed by atoms with Crippen LogP contribution < -0.4 is 0 Å². The third-order valence-electron chi connectivity index (χ3n) is 2.98. The maximum Gasteiger partial charge on any atom is 0.194 e. The number of benzene rings is 1. The minimum absolute atomic E-state index is 0.122. The molecule has 1 aromatic carbocycles. The molecule has 0 bridgehead atoms. The van der Waals surface area contributed by atoms with Gasteiger partial charge in [-0.15, -0.1) is 0 Å². The van der Waals surface area contributed by atoms with Gasteiger partial charge in [0.05, 0.1) is 5.69 Å². The first kappa shape index (κ1) is 12.8. The zero-order valence-electron chi connectivity index (χ0n) is 10.7. The van der Waals surface area contributed by atoms with E-state index in [0.717, 1.165) is 36.6 Å². The summed E-state index contributed by atoms with van der Waals surface area (Å²) in [6.07, 6.45) is 3.50. The zero-order chi connectivity index (χ0) is 12.8. The zero-order valence-corrected chi connectivity index (χ0v) is 10.7. The van der Waals surface area contributed by atoms with Crippen LogP contribution in [0, 0.1) is 6.92 Å². The highest BCUT2D eigenvalue weighted by molar-refractivity contribution is 5.15. The molecule has 1 aromatic heterocycles. The summed E-state index contributed by atoms with van der Waals surface area (Å²) in [6, 6.07) is 10.4. The van der Waals surface area contributed by atoms with Crippen LogP contribution in [0.3, 0.4) is 0 Å². The summed E-state index contributed by atoms with van der Waals surface area (Å²) in [4.78, 5) is 4.40. The van der Waals surface area contributed by atoms with Gasteiger partial charge in [0, 0.05) is 19.4 Å². The summed E-state index contributed by atoms with van der Waals surface area (Å²) >= 11 is 0. The summed E-state index contributed by atoms with van der Waals surface area (Å²) in [6.45, 7) is 2.02. The summed E-state index contributed by atoms with van der Waals surface area (Å²) < 4.78 is 5.58. The number of hydrogen-bond acceptors (Lipinski definition) is 3. The number of nitrogens with zero attached hydrogens (tertiary/aromatic N) is 1. The molecule has 0 fully saturated rings. The Bertz CT molecular complexity index is 476. The molecule has 0 spiro atoms. The maximum atomic E-state index is 8.90. The first-order valence-corrected chi connectivity index (χ1v) is 6.39. The van der Waals surface area contributed by atoms with Crippen LogP contribution in [0.5, 0.6) is 0 Å². The lowest BCUT2D eigenvalue weighted by atomic mass is 10.1. The van der Waals surface area contributed by atoms with E-state index in [1.165, 1.54) is 5.56 Å². The number of aromatic nitrogens is 1. The summed E-state index contributed by atoms with van der Waals surface area (Å²) in [5.41, 5.74) is 2.23. The molecule has 1 heterocycles. The van der Waals surface area contributed by atoms with Crippen molar-refractivity contribution in [2.75, 3.05) is 6.61 Å². The topological polar surface area (TPSA) is 46.3 Å². The maximum absolute atomic E-state index is 8.90. The monoisotopic (exact) mass is 245 g/mol. The largest absolute Gasteiger partial charge is 0.446 e. The Balaban J connectivity index is 1.85. The van der Waals surface area contributed by atoms with E-state index in [0.29, 0.717) is 6.42 Å². The van der Waals surface area contributed by atoms with Gasteiger partial charge in [-0.3, -0.25) is 0 Å². The Hall–Kier alpha value is -1.61. The highest BCUT2D eigenvalue weighted by atomic mass is 16.4. The second-order valence-electron chi connectivity index (χ2n) is 4.42. The number of rotatable bonds is 6. The van der Waals surface area contributed by atoms with Crippen LogP contribution in [-0.4, -0.2) is 16.7 Å². The molecule has 0 aliphatic rings. The van der Waals surface area contributed by atoms with E-state index in [-0.39, 0.29) is 6.61 Å². The van der Waals surface area contributed by atoms with E-state index in [9.17, 15) is 0 Å². The van der Waals surface area contributed by atoms with Crippen molar-refractivity contribution in [3.05, 3.63) is 53.2 Å². The van der Waals surface area contributed by atoms with Gasteiger partial charge in [0.2, 0.25) is 0 Å². The second kappa shape index (κ2) is 6.36. The fourth-order valence-electron chi connectivity index (χ4n) is 2.02. The molecule has 3 nitrogen and oxygen atoms in total. The molecule has 0 aliphatic carbocycles. The second-order valence-corrected chi connectivity index (χ2v) is 4.42. The van der Waals surface area contributed by atoms with Gasteiger partial charge in [-0.1, -0.05) is 30.3 Å². The highest BCUT2D eigenvalue weighted by Crippen LogP contribution is 2.13. The molecular formula is C15H19NO2. The molecule has 0 atom stereocenters. The number of aliphatic hydroxyl groups excluding tert-OH is 1. The van der Waals surface area contributed by atoms with Gasteiger partial charge in [-0.2, -0.15) is 0 Å². The molecule has 0 saturated carbocycles. The van der Waals surface area contributed by atoms with Gasteiger partial charge in [0.1, 0.15) is 5.76 Å². The predicted octanol–water partition coefficient (Wildman–Crippen LogP) is 2.69. The number of hydrogen-bond donors (Lipinski definition) is 1. The lowest BCUT2D eigenvalue weighted by molar-refractivity contribution is 0.297. The van der Waals surface area contributed by atoms with Crippen molar-refractivity contribution < 1.29 is 9.52 Å². The van der Waals surface area contributed by atoms with E-state index >= 15 is 0 Å². The smallest absolute Gasteiger partial charge is 0.194 e. The fourth-order valence-corrected chi connectivity index (χ4v) is 2.02. The molecule has 0 saturated heterocycles. The average molecular weight is 245 g/mol. The van der Waals surface area contributed by atoms with Gasteiger partial charge in [-0.05, 0) is 25.3 Å². The quantitative estimate of drug-likeness (QED) is 0.851. The standard InChI is InChI=1S/C15H19NO2/c1-12-14(10-11-17)16-15(18-12)9-5-8-13-6-3-2-4-7-13/h2-4,6-7,17H,5,8-11H2,1H3. The van der Waals surface area contributed by atoms with E-state index in [2.05, 4.69) is 29.2 Å². The van der Waals surface area contributed by atoms with Crippen LogP contribution in [0.4, 0.5) is 0 Å². The van der Waals surface area contributed by atoms with Crippen molar-refractivity contribution >= 4 is 0 Å². The molecule has 0 unspecified atom stereocenters. The SMILES string of the molecule is Cc1oc(CCCc2ccccc2)nc1CCO. The van der Waals surface area contributed by atoms with Crippen LogP contribution in [0.1, 0.15) is 29.3 Å². The summed E-state index contributed by atoms with van der Waals surface area (Å²) in [7, 11) is 0. The molecule has 96 valence electrons. The van der Waals surface area contributed by atoms with E-state index in [1.54, 1.807) is 0 Å². The van der Waals surface area contributed by atoms with Crippen molar-refractivity contribution in [1.29, 1.82) is 0 Å². The lowest BCUT2D eigenvalue weighted by Gasteiger charge is -1.98. The van der Waals surface area contributed by atoms with Crippen molar-refractivity contribution in [2.24, 2.45) is 0 Å². The molecule has 0 amide bonds. The average Bonchev–Trinajstić information content (AvgIpc) is 2.72. The van der Waals surface area contributed by atoms with E-state index in [4.69, 9.17) is 9.52 Å². The number of oxazole rings is 1. The van der Waals surface area contributed by atoms with E-state index in [1.807, 2.05) is 13.0 Å². The minimum Gasteiger partial charge on any atom is -0.446 e. The normalized spacial score (nSPS) is 10.8. The van der Waals surface area contributed by atoms with Gasteiger partial charge in [0.15, 0.2) is 5.89 Å². The van der Waals surface area contributed by atoms with Crippen molar-refractivity contribution in [3.63, 3.8) is 0 Å². The van der Waals surface area contributed by atoms with Gasteiger partial charge >= 0.3 is 0 Å². The van der Waals surface area contributed by atoms with Gasteiger partial charge < -0.3 is 9.52 Å². The third kappa shape index (κ3) is 3.44. The Labute approximate surface area is 107 Å². The Morgan fingerprint density at radius 3 is 2.61 bits per heavy atom. The number of aryl methyl sites for hydroxylation is 3. The fraction of sp³-hybridized carbons (Fsp3) is 0.400. The van der Waals surface area contributed by atoms with Gasteiger partial charge in [0.25, 0.3) is 0 Å². The van der Waals surface area contributed by atoms with Crippen LogP contribution in [-0.2, 0) is 19.3 Å². The van der Waals surface area contributed by atoms with Crippen molar-refractivity contribution in [3.8, 4) is 0 Å². The lowest BCUT2D eigenvalue weighted by Crippen LogP contribution is -1.94. The molecule has 2 aromatic rings. The number of aliphatic hydroxyl groups is 1. The predicted molar refractivity (Wildman–Crippen MR) is 70.5 cm³/mol. The molecular weight excluding hydrogens is 226 g/mol. The Morgan fingerprint density at radius 2 is 1.89 bits per heavy atom.